The molecule has 3 rings (SSSR count). The second kappa shape index (κ2) is 6.44. The Morgan fingerprint density at radius 3 is 2.81 bits per heavy atom. The third kappa shape index (κ3) is 3.46. The van der Waals surface area contributed by atoms with Crippen molar-refractivity contribution in [3.05, 3.63) is 11.6 Å². The lowest BCUT2D eigenvalue weighted by Crippen LogP contribution is -2.46. The molecule has 1 aromatic heterocycles. The van der Waals surface area contributed by atoms with Crippen LogP contribution in [0, 0.1) is 11.8 Å². The normalized spacial score (nSPS) is 32.9. The van der Waals surface area contributed by atoms with Crippen LogP contribution in [0.5, 0.6) is 0 Å². The van der Waals surface area contributed by atoms with Crippen LogP contribution >= 0.6 is 0 Å². The zero-order valence-corrected chi connectivity index (χ0v) is 13.5. The number of hydrogen-bond acceptors (Lipinski definition) is 4. The summed E-state index contributed by atoms with van der Waals surface area (Å²) in [4.78, 5) is 4.54. The van der Waals surface area contributed by atoms with Crippen molar-refractivity contribution < 1.29 is 4.74 Å². The Labute approximate surface area is 127 Å². The van der Waals surface area contributed by atoms with Gasteiger partial charge in [0.05, 0.1) is 6.54 Å². The van der Waals surface area contributed by atoms with Gasteiger partial charge in [0.1, 0.15) is 12.4 Å². The molecule has 1 N–H and O–H groups in total. The van der Waals surface area contributed by atoms with E-state index in [0.29, 0.717) is 18.7 Å². The Kier molecular flexibility index (Phi) is 4.60. The summed E-state index contributed by atoms with van der Waals surface area (Å²) in [7, 11) is 1.69. The first kappa shape index (κ1) is 15.0. The van der Waals surface area contributed by atoms with Crippen molar-refractivity contribution in [1.29, 1.82) is 0 Å². The maximum atomic E-state index is 5.12. The molecule has 1 saturated carbocycles. The number of rotatable bonds is 4. The standard InChI is InChI=1S/C16H28N4O/c1-11-4-5-13(8-12(11)2)17-14-6-7-16-18-15(10-21-3)19-20(16)9-14/h11-14,17H,4-10H2,1-3H3/t11-,12+,13-,14-/m1/s1. The molecular weight excluding hydrogens is 264 g/mol. The number of ether oxygens (including phenoxy) is 1. The van der Waals surface area contributed by atoms with Crippen LogP contribution in [0.25, 0.3) is 0 Å². The molecule has 0 spiro atoms. The maximum absolute atomic E-state index is 5.12. The van der Waals surface area contributed by atoms with Crippen LogP contribution in [0.2, 0.25) is 0 Å². The average molecular weight is 292 g/mol. The Hall–Kier alpha value is -0.940. The molecule has 1 aliphatic carbocycles. The predicted octanol–water partition coefficient (Wildman–Crippen LogP) is 2.15. The van der Waals surface area contributed by atoms with E-state index in [0.717, 1.165) is 36.5 Å². The number of methoxy groups -OCH3 is 1. The van der Waals surface area contributed by atoms with Gasteiger partial charge in [-0.1, -0.05) is 13.8 Å². The van der Waals surface area contributed by atoms with Crippen molar-refractivity contribution in [1.82, 2.24) is 20.1 Å². The van der Waals surface area contributed by atoms with Crippen LogP contribution in [0.15, 0.2) is 0 Å². The Bertz CT molecular complexity index is 473. The molecule has 2 heterocycles. The summed E-state index contributed by atoms with van der Waals surface area (Å²) >= 11 is 0. The number of fused-ring (bicyclic) bond motifs is 1. The maximum Gasteiger partial charge on any atom is 0.176 e. The molecule has 2 aliphatic rings. The van der Waals surface area contributed by atoms with Crippen molar-refractivity contribution in [2.75, 3.05) is 7.11 Å². The van der Waals surface area contributed by atoms with Crippen LogP contribution in [-0.2, 0) is 24.3 Å². The summed E-state index contributed by atoms with van der Waals surface area (Å²) < 4.78 is 7.20. The van der Waals surface area contributed by atoms with Gasteiger partial charge in [0.25, 0.3) is 0 Å². The predicted molar refractivity (Wildman–Crippen MR) is 81.9 cm³/mol. The minimum atomic E-state index is 0.510. The van der Waals surface area contributed by atoms with Gasteiger partial charge in [0.15, 0.2) is 5.82 Å². The molecule has 0 saturated heterocycles. The molecule has 1 aliphatic heterocycles. The molecule has 0 aromatic carbocycles. The lowest BCUT2D eigenvalue weighted by Gasteiger charge is -2.36. The topological polar surface area (TPSA) is 52.0 Å². The van der Waals surface area contributed by atoms with Crippen LogP contribution in [0.3, 0.4) is 0 Å². The first-order valence-corrected chi connectivity index (χ1v) is 8.33. The molecule has 0 radical (unpaired) electrons. The van der Waals surface area contributed by atoms with Crippen molar-refractivity contribution in [3.8, 4) is 0 Å². The number of nitrogens with zero attached hydrogens (tertiary/aromatic N) is 3. The van der Waals surface area contributed by atoms with Crippen LogP contribution in [-0.4, -0.2) is 34.0 Å². The second-order valence-electron chi connectivity index (χ2n) is 6.93. The molecule has 4 atom stereocenters. The van der Waals surface area contributed by atoms with E-state index < -0.39 is 0 Å². The van der Waals surface area contributed by atoms with Crippen LogP contribution in [0.4, 0.5) is 0 Å². The summed E-state index contributed by atoms with van der Waals surface area (Å²) in [6.45, 7) is 6.25. The van der Waals surface area contributed by atoms with Crippen LogP contribution < -0.4 is 5.32 Å². The van der Waals surface area contributed by atoms with Crippen molar-refractivity contribution >= 4 is 0 Å². The smallest absolute Gasteiger partial charge is 0.176 e. The number of aryl methyl sites for hydroxylation is 1. The Morgan fingerprint density at radius 1 is 1.19 bits per heavy atom. The fourth-order valence-corrected chi connectivity index (χ4v) is 3.72. The van der Waals surface area contributed by atoms with Gasteiger partial charge in [-0.25, -0.2) is 9.67 Å². The van der Waals surface area contributed by atoms with Gasteiger partial charge in [-0.05, 0) is 37.5 Å². The van der Waals surface area contributed by atoms with E-state index in [-0.39, 0.29) is 0 Å². The minimum absolute atomic E-state index is 0.510. The Morgan fingerprint density at radius 2 is 2.05 bits per heavy atom. The highest BCUT2D eigenvalue weighted by Gasteiger charge is 2.28. The van der Waals surface area contributed by atoms with E-state index in [4.69, 9.17) is 4.74 Å². The van der Waals surface area contributed by atoms with Gasteiger partial charge in [0, 0.05) is 25.6 Å². The highest BCUT2D eigenvalue weighted by Crippen LogP contribution is 2.30. The van der Waals surface area contributed by atoms with Crippen LogP contribution in [0.1, 0.15) is 51.2 Å². The summed E-state index contributed by atoms with van der Waals surface area (Å²) in [5.74, 6) is 3.65. The molecule has 1 aromatic rings. The molecular formula is C16H28N4O. The van der Waals surface area contributed by atoms with Crippen molar-refractivity contribution in [2.24, 2.45) is 11.8 Å². The molecule has 21 heavy (non-hydrogen) atoms. The zero-order chi connectivity index (χ0) is 14.8. The highest BCUT2D eigenvalue weighted by atomic mass is 16.5. The first-order valence-electron chi connectivity index (χ1n) is 8.33. The summed E-state index contributed by atoms with van der Waals surface area (Å²) in [5.41, 5.74) is 0. The van der Waals surface area contributed by atoms with Gasteiger partial charge >= 0.3 is 0 Å². The van der Waals surface area contributed by atoms with Gasteiger partial charge < -0.3 is 10.1 Å². The number of nitrogens with one attached hydrogen (secondary N) is 1. The largest absolute Gasteiger partial charge is 0.377 e. The molecule has 1 fully saturated rings. The lowest BCUT2D eigenvalue weighted by molar-refractivity contribution is 0.177. The Balaban J connectivity index is 1.56. The van der Waals surface area contributed by atoms with E-state index in [9.17, 15) is 0 Å². The van der Waals surface area contributed by atoms with Gasteiger partial charge in [-0.15, -0.1) is 0 Å². The summed E-state index contributed by atoms with van der Waals surface area (Å²) in [6.07, 6.45) is 6.19. The number of aromatic nitrogens is 3. The van der Waals surface area contributed by atoms with Gasteiger partial charge in [-0.3, -0.25) is 0 Å². The molecule has 0 unspecified atom stereocenters. The molecule has 118 valence electrons. The molecule has 0 amide bonds. The van der Waals surface area contributed by atoms with Gasteiger partial charge in [0.2, 0.25) is 0 Å². The van der Waals surface area contributed by atoms with E-state index in [1.165, 1.54) is 25.7 Å². The first-order chi connectivity index (χ1) is 10.2. The van der Waals surface area contributed by atoms with E-state index in [2.05, 4.69) is 33.9 Å². The third-order valence-electron chi connectivity index (χ3n) is 5.24. The lowest BCUT2D eigenvalue weighted by atomic mass is 9.79. The molecule has 0 bridgehead atoms. The molecule has 5 heteroatoms. The summed E-state index contributed by atoms with van der Waals surface area (Å²) in [5, 5.41) is 8.42. The average Bonchev–Trinajstić information content (AvgIpc) is 2.85. The zero-order valence-electron chi connectivity index (χ0n) is 13.5. The van der Waals surface area contributed by atoms with Crippen molar-refractivity contribution in [3.63, 3.8) is 0 Å². The van der Waals surface area contributed by atoms with E-state index >= 15 is 0 Å². The van der Waals surface area contributed by atoms with E-state index in [1.807, 2.05) is 0 Å². The second-order valence-corrected chi connectivity index (χ2v) is 6.93. The highest BCUT2D eigenvalue weighted by molar-refractivity contribution is 4.98. The third-order valence-corrected chi connectivity index (χ3v) is 5.24. The van der Waals surface area contributed by atoms with Gasteiger partial charge in [-0.2, -0.15) is 5.10 Å². The monoisotopic (exact) mass is 292 g/mol. The quantitative estimate of drug-likeness (QED) is 0.924. The SMILES string of the molecule is COCc1nc2n(n1)C[C@H](N[C@@H]1CC[C@@H](C)[C@@H](C)C1)CC2. The number of hydrogen-bond donors (Lipinski definition) is 1. The molecule has 5 nitrogen and oxygen atoms in total. The van der Waals surface area contributed by atoms with E-state index in [1.54, 1.807) is 7.11 Å². The summed E-state index contributed by atoms with van der Waals surface area (Å²) in [6, 6.07) is 1.23. The minimum Gasteiger partial charge on any atom is -0.377 e. The van der Waals surface area contributed by atoms with Crippen molar-refractivity contribution in [2.45, 2.75) is 71.2 Å². The fourth-order valence-electron chi connectivity index (χ4n) is 3.72. The fraction of sp³-hybridized carbons (Fsp3) is 0.875.